The third-order valence-corrected chi connectivity index (χ3v) is 8.35. The molecule has 1 unspecified atom stereocenters. The molecule has 0 bridgehead atoms. The van der Waals surface area contributed by atoms with E-state index in [4.69, 9.17) is 19.4 Å². The fourth-order valence-corrected chi connectivity index (χ4v) is 6.64. The number of fused-ring (bicyclic) bond motifs is 4. The summed E-state index contributed by atoms with van der Waals surface area (Å²) >= 11 is 1.83. The predicted octanol–water partition coefficient (Wildman–Crippen LogP) is 9.64. The second kappa shape index (κ2) is 9.29. The van der Waals surface area contributed by atoms with Gasteiger partial charge in [0.15, 0.2) is 17.5 Å². The molecule has 3 aromatic heterocycles. The summed E-state index contributed by atoms with van der Waals surface area (Å²) in [7, 11) is 0. The summed E-state index contributed by atoms with van der Waals surface area (Å²) in [5, 5.41) is 2.27. The van der Waals surface area contributed by atoms with Crippen molar-refractivity contribution < 1.29 is 4.42 Å². The van der Waals surface area contributed by atoms with E-state index in [1.54, 1.807) is 6.08 Å². The van der Waals surface area contributed by atoms with Crippen molar-refractivity contribution in [2.24, 2.45) is 0 Å². The molecule has 0 saturated heterocycles. The van der Waals surface area contributed by atoms with Gasteiger partial charge in [-0.1, -0.05) is 80.3 Å². The molecule has 0 fully saturated rings. The van der Waals surface area contributed by atoms with E-state index in [0.717, 1.165) is 39.0 Å². The predicted molar refractivity (Wildman–Crippen MR) is 164 cm³/mol. The molecule has 39 heavy (non-hydrogen) atoms. The van der Waals surface area contributed by atoms with E-state index >= 15 is 0 Å². The Morgan fingerprint density at radius 2 is 1.69 bits per heavy atom. The van der Waals surface area contributed by atoms with Gasteiger partial charge in [0.05, 0.1) is 0 Å². The number of furan rings is 1. The lowest BCUT2D eigenvalue weighted by Crippen LogP contribution is -2.01. The zero-order chi connectivity index (χ0) is 26.5. The molecule has 1 aliphatic carbocycles. The number of rotatable bonds is 5. The number of thiophene rings is 1. The molecule has 0 aliphatic heterocycles. The number of nitrogens with zero attached hydrogens (tertiary/aromatic N) is 3. The smallest absolute Gasteiger partial charge is 0.164 e. The Hall–Kier alpha value is -4.61. The van der Waals surface area contributed by atoms with Crippen molar-refractivity contribution in [3.05, 3.63) is 107 Å². The first kappa shape index (κ1) is 23.5. The van der Waals surface area contributed by atoms with Crippen molar-refractivity contribution in [2.75, 3.05) is 0 Å². The van der Waals surface area contributed by atoms with Crippen molar-refractivity contribution in [1.82, 2.24) is 15.0 Å². The Kier molecular flexibility index (Phi) is 5.60. The summed E-state index contributed by atoms with van der Waals surface area (Å²) < 4.78 is 7.41. The van der Waals surface area contributed by atoms with Crippen LogP contribution in [-0.4, -0.2) is 15.0 Å². The lowest BCUT2D eigenvalue weighted by Gasteiger charge is -2.11. The monoisotopic (exact) mass is 523 g/mol. The highest BCUT2D eigenvalue weighted by Crippen LogP contribution is 2.45. The quantitative estimate of drug-likeness (QED) is 0.226. The van der Waals surface area contributed by atoms with Crippen LogP contribution in [0.5, 0.6) is 0 Å². The van der Waals surface area contributed by atoms with Gasteiger partial charge in [0.25, 0.3) is 0 Å². The molecule has 0 saturated carbocycles. The summed E-state index contributed by atoms with van der Waals surface area (Å²) in [6.45, 7) is 8.17. The second-order valence-electron chi connectivity index (χ2n) is 9.67. The van der Waals surface area contributed by atoms with E-state index in [2.05, 4.69) is 56.0 Å². The van der Waals surface area contributed by atoms with Crippen LogP contribution in [0.15, 0.2) is 89.9 Å². The van der Waals surface area contributed by atoms with Crippen molar-refractivity contribution in [3.63, 3.8) is 0 Å². The van der Waals surface area contributed by atoms with Crippen molar-refractivity contribution >= 4 is 50.6 Å². The average molecular weight is 524 g/mol. The van der Waals surface area contributed by atoms with E-state index in [0.29, 0.717) is 23.4 Å². The number of hydrogen-bond donors (Lipinski definition) is 0. The molecule has 5 heteroatoms. The third-order valence-electron chi connectivity index (χ3n) is 7.21. The van der Waals surface area contributed by atoms with Gasteiger partial charge >= 0.3 is 0 Å². The highest BCUT2D eigenvalue weighted by molar-refractivity contribution is 7.20. The molecule has 3 aromatic carbocycles. The number of aromatic nitrogens is 3. The molecular formula is C34H25N3OS. The Morgan fingerprint density at radius 1 is 0.897 bits per heavy atom. The summed E-state index contributed by atoms with van der Waals surface area (Å²) in [5.41, 5.74) is 6.01. The Morgan fingerprint density at radius 3 is 2.49 bits per heavy atom. The molecule has 3 heterocycles. The minimum Gasteiger partial charge on any atom is -0.456 e. The molecule has 188 valence electrons. The van der Waals surface area contributed by atoms with Gasteiger partial charge in [-0.05, 0) is 42.8 Å². The van der Waals surface area contributed by atoms with Gasteiger partial charge < -0.3 is 4.42 Å². The Labute approximate surface area is 230 Å². The summed E-state index contributed by atoms with van der Waals surface area (Å²) in [6.07, 6.45) is 10.3. The molecule has 0 N–H and O–H groups in total. The van der Waals surface area contributed by atoms with Gasteiger partial charge in [-0.15, -0.1) is 11.3 Å². The Balaban J connectivity index is 1.46. The van der Waals surface area contributed by atoms with E-state index in [-0.39, 0.29) is 0 Å². The van der Waals surface area contributed by atoms with Crippen LogP contribution >= 0.6 is 11.3 Å². The molecule has 0 radical (unpaired) electrons. The lowest BCUT2D eigenvalue weighted by molar-refractivity contribution is 0.603. The topological polar surface area (TPSA) is 51.8 Å². The minimum absolute atomic E-state index is 0.358. The standard InChI is InChI=1S/C34H25N3OS/c1-4-10-23-24-17-16-22(19-27(24)38-26(23)5-2)33-35-32(21-11-7-6-8-12-21)36-34(37-33)25-13-9-14-28-31(25)30-20(3)15-18-29(30)39-28/h4-20H,2H2,1,3H3/b10-4-. The molecule has 6 aromatic rings. The molecule has 4 nitrogen and oxygen atoms in total. The van der Waals surface area contributed by atoms with Crippen LogP contribution < -0.4 is 0 Å². The van der Waals surface area contributed by atoms with Gasteiger partial charge in [-0.2, -0.15) is 0 Å². The van der Waals surface area contributed by atoms with Crippen molar-refractivity contribution in [2.45, 2.75) is 19.8 Å². The van der Waals surface area contributed by atoms with E-state index in [9.17, 15) is 0 Å². The van der Waals surface area contributed by atoms with E-state index < -0.39 is 0 Å². The minimum atomic E-state index is 0.358. The Bertz CT molecular complexity index is 1960. The van der Waals surface area contributed by atoms with E-state index in [1.165, 1.54) is 20.5 Å². The SMILES string of the molecule is C=Cc1oc2cc(-c3nc(-c4ccccc4)nc(-c4cccc5sc6c(c45)C(C)C=C6)n3)ccc2c1/C=C\C. The highest BCUT2D eigenvalue weighted by atomic mass is 32.1. The molecule has 1 aliphatic rings. The molecular weight excluding hydrogens is 498 g/mol. The largest absolute Gasteiger partial charge is 0.456 e. The normalized spacial score (nSPS) is 14.6. The zero-order valence-corrected chi connectivity index (χ0v) is 22.5. The summed E-state index contributed by atoms with van der Waals surface area (Å²) in [4.78, 5) is 16.3. The summed E-state index contributed by atoms with van der Waals surface area (Å²) in [6, 6.07) is 22.6. The van der Waals surface area contributed by atoms with Crippen LogP contribution in [0.25, 0.3) is 73.4 Å². The van der Waals surface area contributed by atoms with Gasteiger partial charge in [-0.25, -0.2) is 15.0 Å². The second-order valence-corrected chi connectivity index (χ2v) is 10.8. The van der Waals surface area contributed by atoms with Crippen molar-refractivity contribution in [3.8, 4) is 34.2 Å². The van der Waals surface area contributed by atoms with Crippen LogP contribution in [0.4, 0.5) is 0 Å². The lowest BCUT2D eigenvalue weighted by atomic mass is 9.98. The van der Waals surface area contributed by atoms with Crippen LogP contribution in [0.1, 0.15) is 41.5 Å². The average Bonchev–Trinajstić information content (AvgIpc) is 3.65. The van der Waals surface area contributed by atoms with Crippen LogP contribution in [0.3, 0.4) is 0 Å². The first-order valence-electron chi connectivity index (χ1n) is 13.0. The van der Waals surface area contributed by atoms with Gasteiger partial charge in [-0.3, -0.25) is 0 Å². The fourth-order valence-electron chi connectivity index (χ4n) is 5.39. The van der Waals surface area contributed by atoms with Gasteiger partial charge in [0.1, 0.15) is 11.3 Å². The maximum atomic E-state index is 6.16. The molecule has 0 amide bonds. The first-order valence-corrected chi connectivity index (χ1v) is 13.8. The number of benzene rings is 3. The highest BCUT2D eigenvalue weighted by Gasteiger charge is 2.24. The maximum Gasteiger partial charge on any atom is 0.164 e. The summed E-state index contributed by atoms with van der Waals surface area (Å²) in [5.74, 6) is 3.04. The van der Waals surface area contributed by atoms with E-state index in [1.807, 2.05) is 66.8 Å². The molecule has 7 rings (SSSR count). The molecule has 1 atom stereocenters. The fraction of sp³-hybridized carbons (Fsp3) is 0.0882. The van der Waals surface area contributed by atoms with Crippen LogP contribution in [-0.2, 0) is 0 Å². The number of hydrogen-bond acceptors (Lipinski definition) is 5. The van der Waals surface area contributed by atoms with Crippen molar-refractivity contribution in [1.29, 1.82) is 0 Å². The van der Waals surface area contributed by atoms with Gasteiger partial charge in [0, 0.05) is 48.5 Å². The van der Waals surface area contributed by atoms with Crippen LogP contribution in [0, 0.1) is 0 Å². The zero-order valence-electron chi connectivity index (χ0n) is 21.7. The number of allylic oxidation sites excluding steroid dienone is 2. The molecule has 0 spiro atoms. The van der Waals surface area contributed by atoms with Gasteiger partial charge in [0.2, 0.25) is 0 Å². The maximum absolute atomic E-state index is 6.16. The van der Waals surface area contributed by atoms with Crippen LogP contribution in [0.2, 0.25) is 0 Å². The third kappa shape index (κ3) is 3.85. The first-order chi connectivity index (χ1) is 19.1.